The summed E-state index contributed by atoms with van der Waals surface area (Å²) in [5.41, 5.74) is 7.00. The highest BCUT2D eigenvalue weighted by Gasteiger charge is 2.14. The Morgan fingerprint density at radius 2 is 2.05 bits per heavy atom. The highest BCUT2D eigenvalue weighted by molar-refractivity contribution is 5.75. The molecule has 0 spiro atoms. The molecule has 1 aromatic carbocycles. The molecule has 0 fully saturated rings. The van der Waals surface area contributed by atoms with Gasteiger partial charge in [0, 0.05) is 13.0 Å². The summed E-state index contributed by atoms with van der Waals surface area (Å²) in [6.45, 7) is 7.08. The molecule has 0 saturated carbocycles. The van der Waals surface area contributed by atoms with Crippen LogP contribution < -0.4 is 11.1 Å². The molecule has 1 atom stereocenters. The molecule has 118 valence electrons. The minimum atomic E-state index is -0.232. The maximum Gasteiger partial charge on any atom is 0.220 e. The van der Waals surface area contributed by atoms with Gasteiger partial charge in [0.2, 0.25) is 5.91 Å². The van der Waals surface area contributed by atoms with Gasteiger partial charge in [-0.05, 0) is 55.3 Å². The topological polar surface area (TPSA) is 55.1 Å². The summed E-state index contributed by atoms with van der Waals surface area (Å²) in [6.07, 6.45) is 2.30. The summed E-state index contributed by atoms with van der Waals surface area (Å²) in [5, 5.41) is 2.85. The molecular weight excluding hydrogens is 267 g/mol. The van der Waals surface area contributed by atoms with Crippen LogP contribution in [0.15, 0.2) is 18.2 Å². The van der Waals surface area contributed by atoms with E-state index in [-0.39, 0.29) is 11.7 Å². The standard InChI is InChI=1S/C17H27FN2O/c1-12(2)15(8-9-19)6-7-17(21)20-11-14-5-4-13(3)16(18)10-14/h4-5,10,12,15H,6-9,11,19H2,1-3H3,(H,20,21). The Hall–Kier alpha value is -1.42. The number of aryl methyl sites for hydroxylation is 1. The Bertz CT molecular complexity index is 460. The van der Waals surface area contributed by atoms with Crippen molar-refractivity contribution in [2.45, 2.75) is 46.6 Å². The van der Waals surface area contributed by atoms with Crippen LogP contribution in [0.2, 0.25) is 0 Å². The number of rotatable bonds is 8. The molecule has 0 aliphatic rings. The first-order valence-corrected chi connectivity index (χ1v) is 7.65. The maximum absolute atomic E-state index is 13.4. The maximum atomic E-state index is 13.4. The quantitative estimate of drug-likeness (QED) is 0.774. The van der Waals surface area contributed by atoms with Gasteiger partial charge in [-0.3, -0.25) is 4.79 Å². The van der Waals surface area contributed by atoms with Crippen molar-refractivity contribution in [3.8, 4) is 0 Å². The van der Waals surface area contributed by atoms with Gasteiger partial charge in [-0.2, -0.15) is 0 Å². The molecule has 3 N–H and O–H groups in total. The van der Waals surface area contributed by atoms with Gasteiger partial charge in [0.1, 0.15) is 5.82 Å². The molecular formula is C17H27FN2O. The highest BCUT2D eigenvalue weighted by atomic mass is 19.1. The predicted octanol–water partition coefficient (Wildman–Crippen LogP) is 3.15. The molecule has 1 rings (SSSR count). The number of nitrogens with two attached hydrogens (primary N) is 1. The first-order chi connectivity index (χ1) is 9.93. The van der Waals surface area contributed by atoms with E-state index in [0.717, 1.165) is 18.4 Å². The van der Waals surface area contributed by atoms with Crippen molar-refractivity contribution >= 4 is 5.91 Å². The summed E-state index contributed by atoms with van der Waals surface area (Å²) in [4.78, 5) is 11.9. The van der Waals surface area contributed by atoms with Crippen LogP contribution >= 0.6 is 0 Å². The number of hydrogen-bond acceptors (Lipinski definition) is 2. The SMILES string of the molecule is Cc1ccc(CNC(=O)CCC(CCN)C(C)C)cc1F. The Balaban J connectivity index is 2.38. The normalized spacial score (nSPS) is 12.5. The fourth-order valence-corrected chi connectivity index (χ4v) is 2.38. The molecule has 1 unspecified atom stereocenters. The van der Waals surface area contributed by atoms with E-state index in [1.54, 1.807) is 13.0 Å². The molecule has 0 aliphatic heterocycles. The largest absolute Gasteiger partial charge is 0.352 e. The van der Waals surface area contributed by atoms with E-state index in [1.807, 2.05) is 6.07 Å². The third-order valence-electron chi connectivity index (χ3n) is 3.95. The number of amides is 1. The second-order valence-electron chi connectivity index (χ2n) is 5.98. The lowest BCUT2D eigenvalue weighted by Gasteiger charge is -2.19. The van der Waals surface area contributed by atoms with Crippen molar-refractivity contribution in [3.63, 3.8) is 0 Å². The van der Waals surface area contributed by atoms with E-state index in [4.69, 9.17) is 5.73 Å². The summed E-state index contributed by atoms with van der Waals surface area (Å²) in [6, 6.07) is 5.04. The van der Waals surface area contributed by atoms with Crippen molar-refractivity contribution < 1.29 is 9.18 Å². The van der Waals surface area contributed by atoms with E-state index in [0.29, 0.717) is 36.9 Å². The summed E-state index contributed by atoms with van der Waals surface area (Å²) >= 11 is 0. The van der Waals surface area contributed by atoms with Crippen molar-refractivity contribution in [2.24, 2.45) is 17.6 Å². The number of benzene rings is 1. The van der Waals surface area contributed by atoms with Crippen LogP contribution in [-0.4, -0.2) is 12.5 Å². The first kappa shape index (κ1) is 17.6. The van der Waals surface area contributed by atoms with Crippen molar-refractivity contribution in [1.29, 1.82) is 0 Å². The van der Waals surface area contributed by atoms with Gasteiger partial charge >= 0.3 is 0 Å². The zero-order chi connectivity index (χ0) is 15.8. The number of halogens is 1. The zero-order valence-corrected chi connectivity index (χ0v) is 13.3. The predicted molar refractivity (Wildman–Crippen MR) is 84.2 cm³/mol. The van der Waals surface area contributed by atoms with Crippen LogP contribution in [0.4, 0.5) is 4.39 Å². The minimum Gasteiger partial charge on any atom is -0.352 e. The molecule has 0 aliphatic carbocycles. The average Bonchev–Trinajstić information content (AvgIpc) is 2.44. The van der Waals surface area contributed by atoms with Crippen molar-refractivity contribution in [1.82, 2.24) is 5.32 Å². The Morgan fingerprint density at radius 3 is 2.62 bits per heavy atom. The number of carbonyl (C=O) groups excluding carboxylic acids is 1. The number of hydrogen-bond donors (Lipinski definition) is 2. The molecule has 0 bridgehead atoms. The van der Waals surface area contributed by atoms with Crippen LogP contribution in [0.1, 0.15) is 44.2 Å². The van der Waals surface area contributed by atoms with Gasteiger partial charge in [-0.25, -0.2) is 4.39 Å². The van der Waals surface area contributed by atoms with E-state index in [1.165, 1.54) is 6.07 Å². The van der Waals surface area contributed by atoms with Gasteiger partial charge in [0.05, 0.1) is 0 Å². The van der Waals surface area contributed by atoms with Crippen LogP contribution in [0.25, 0.3) is 0 Å². The number of carbonyl (C=O) groups is 1. The third kappa shape index (κ3) is 6.25. The monoisotopic (exact) mass is 294 g/mol. The molecule has 3 nitrogen and oxygen atoms in total. The van der Waals surface area contributed by atoms with E-state index >= 15 is 0 Å². The molecule has 1 aromatic rings. The molecule has 0 heterocycles. The molecule has 0 saturated heterocycles. The van der Waals surface area contributed by atoms with Crippen LogP contribution in [0.5, 0.6) is 0 Å². The minimum absolute atomic E-state index is 0.0126. The second kappa shape index (κ2) is 8.78. The van der Waals surface area contributed by atoms with Gasteiger partial charge in [-0.1, -0.05) is 26.0 Å². The lowest BCUT2D eigenvalue weighted by atomic mass is 9.88. The second-order valence-corrected chi connectivity index (χ2v) is 5.98. The van der Waals surface area contributed by atoms with Crippen molar-refractivity contribution in [3.05, 3.63) is 35.1 Å². The summed E-state index contributed by atoms with van der Waals surface area (Å²) < 4.78 is 13.4. The van der Waals surface area contributed by atoms with Gasteiger partial charge in [0.15, 0.2) is 0 Å². The van der Waals surface area contributed by atoms with Crippen LogP contribution in [0, 0.1) is 24.6 Å². The van der Waals surface area contributed by atoms with Gasteiger partial charge < -0.3 is 11.1 Å². The molecule has 0 radical (unpaired) electrons. The molecule has 0 aromatic heterocycles. The molecule has 1 amide bonds. The Morgan fingerprint density at radius 1 is 1.33 bits per heavy atom. The summed E-state index contributed by atoms with van der Waals surface area (Å²) in [7, 11) is 0. The lowest BCUT2D eigenvalue weighted by molar-refractivity contribution is -0.121. The fourth-order valence-electron chi connectivity index (χ4n) is 2.38. The number of nitrogens with one attached hydrogen (secondary N) is 1. The van der Waals surface area contributed by atoms with Crippen molar-refractivity contribution in [2.75, 3.05) is 6.54 Å². The average molecular weight is 294 g/mol. The highest BCUT2D eigenvalue weighted by Crippen LogP contribution is 2.20. The zero-order valence-electron chi connectivity index (χ0n) is 13.3. The summed E-state index contributed by atoms with van der Waals surface area (Å²) in [5.74, 6) is 0.799. The Kier molecular flexibility index (Phi) is 7.37. The van der Waals surface area contributed by atoms with E-state index < -0.39 is 0 Å². The van der Waals surface area contributed by atoms with E-state index in [9.17, 15) is 9.18 Å². The third-order valence-corrected chi connectivity index (χ3v) is 3.95. The smallest absolute Gasteiger partial charge is 0.220 e. The Labute approximate surface area is 127 Å². The van der Waals surface area contributed by atoms with Gasteiger partial charge in [-0.15, -0.1) is 0 Å². The lowest BCUT2D eigenvalue weighted by Crippen LogP contribution is -2.24. The van der Waals surface area contributed by atoms with Gasteiger partial charge in [0.25, 0.3) is 0 Å². The molecule has 21 heavy (non-hydrogen) atoms. The van der Waals surface area contributed by atoms with Crippen LogP contribution in [0.3, 0.4) is 0 Å². The fraction of sp³-hybridized carbons (Fsp3) is 0.588. The van der Waals surface area contributed by atoms with E-state index in [2.05, 4.69) is 19.2 Å². The first-order valence-electron chi connectivity index (χ1n) is 7.65. The molecule has 4 heteroatoms. The van der Waals surface area contributed by atoms with Crippen LogP contribution in [-0.2, 0) is 11.3 Å².